The van der Waals surface area contributed by atoms with E-state index in [1.54, 1.807) is 24.3 Å². The van der Waals surface area contributed by atoms with Crippen LogP contribution in [0.5, 0.6) is 0 Å². The predicted molar refractivity (Wildman–Crippen MR) is 136 cm³/mol. The van der Waals surface area contributed by atoms with Crippen LogP contribution in [0.1, 0.15) is 37.6 Å². The Morgan fingerprint density at radius 3 is 2.41 bits per heavy atom. The SMILES string of the molecule is Cc1nc(N(Cc2ccc(C(=O)NCc3cccc(CN)c3)cc2)c2ccccc2F)sc1C. The molecule has 1 aromatic heterocycles. The van der Waals surface area contributed by atoms with Crippen LogP contribution in [0.4, 0.5) is 15.2 Å². The van der Waals surface area contributed by atoms with Gasteiger partial charge in [-0.3, -0.25) is 4.79 Å². The number of para-hydroxylation sites is 1. The summed E-state index contributed by atoms with van der Waals surface area (Å²) in [4.78, 5) is 20.2. The van der Waals surface area contributed by atoms with Crippen LogP contribution in [0.2, 0.25) is 0 Å². The van der Waals surface area contributed by atoms with Gasteiger partial charge in [0, 0.05) is 23.5 Å². The number of anilines is 2. The molecule has 0 fully saturated rings. The monoisotopic (exact) mass is 474 g/mol. The van der Waals surface area contributed by atoms with E-state index in [0.717, 1.165) is 32.4 Å². The first kappa shape index (κ1) is 23.6. The second kappa shape index (κ2) is 10.6. The van der Waals surface area contributed by atoms with Crippen molar-refractivity contribution in [2.24, 2.45) is 5.73 Å². The number of benzene rings is 3. The van der Waals surface area contributed by atoms with Crippen LogP contribution in [-0.4, -0.2) is 10.9 Å². The number of hydrogen-bond donors (Lipinski definition) is 2. The average Bonchev–Trinajstić information content (AvgIpc) is 3.19. The first-order chi connectivity index (χ1) is 16.4. The highest BCUT2D eigenvalue weighted by atomic mass is 32.1. The molecule has 174 valence electrons. The quantitative estimate of drug-likeness (QED) is 0.347. The topological polar surface area (TPSA) is 71.2 Å². The lowest BCUT2D eigenvalue weighted by Gasteiger charge is -2.23. The molecule has 0 spiro atoms. The smallest absolute Gasteiger partial charge is 0.251 e. The van der Waals surface area contributed by atoms with Gasteiger partial charge in [-0.1, -0.05) is 48.5 Å². The Balaban J connectivity index is 1.49. The first-order valence-electron chi connectivity index (χ1n) is 11.1. The summed E-state index contributed by atoms with van der Waals surface area (Å²) >= 11 is 1.54. The zero-order valence-electron chi connectivity index (χ0n) is 19.2. The normalized spacial score (nSPS) is 10.8. The Bertz CT molecular complexity index is 1270. The number of amides is 1. The number of rotatable bonds is 8. The molecule has 34 heavy (non-hydrogen) atoms. The second-order valence-electron chi connectivity index (χ2n) is 8.08. The molecule has 1 amide bonds. The number of nitrogens with one attached hydrogen (secondary N) is 1. The molecule has 3 N–H and O–H groups in total. The fourth-order valence-corrected chi connectivity index (χ4v) is 4.52. The molecule has 0 saturated carbocycles. The number of aryl methyl sites for hydroxylation is 2. The van der Waals surface area contributed by atoms with Gasteiger partial charge in [-0.05, 0) is 54.8 Å². The third-order valence-electron chi connectivity index (χ3n) is 5.63. The van der Waals surface area contributed by atoms with Gasteiger partial charge in [0.15, 0.2) is 5.13 Å². The number of halogens is 1. The van der Waals surface area contributed by atoms with E-state index in [1.807, 2.05) is 61.2 Å². The van der Waals surface area contributed by atoms with Gasteiger partial charge in [0.1, 0.15) is 5.82 Å². The highest BCUT2D eigenvalue weighted by molar-refractivity contribution is 7.15. The molecule has 0 bridgehead atoms. The standard InChI is InChI=1S/C27H27FN4OS/c1-18-19(2)34-27(31-18)32(25-9-4-3-8-24(25)28)17-20-10-12-23(13-11-20)26(33)30-16-22-7-5-6-21(14-22)15-29/h3-14H,15-17,29H2,1-2H3,(H,30,33). The summed E-state index contributed by atoms with van der Waals surface area (Å²) in [6, 6.07) is 21.9. The fourth-order valence-electron chi connectivity index (χ4n) is 3.59. The highest BCUT2D eigenvalue weighted by Gasteiger charge is 2.18. The Morgan fingerprint density at radius 2 is 1.74 bits per heavy atom. The van der Waals surface area contributed by atoms with Gasteiger partial charge >= 0.3 is 0 Å². The lowest BCUT2D eigenvalue weighted by atomic mass is 10.1. The van der Waals surface area contributed by atoms with E-state index in [2.05, 4.69) is 10.3 Å². The summed E-state index contributed by atoms with van der Waals surface area (Å²) < 4.78 is 14.7. The van der Waals surface area contributed by atoms with Crippen LogP contribution in [0.25, 0.3) is 0 Å². The molecule has 0 saturated heterocycles. The van der Waals surface area contributed by atoms with E-state index in [9.17, 15) is 9.18 Å². The minimum Gasteiger partial charge on any atom is -0.348 e. The number of carbonyl (C=O) groups excluding carboxylic acids is 1. The van der Waals surface area contributed by atoms with Crippen molar-refractivity contribution in [2.75, 3.05) is 4.90 Å². The van der Waals surface area contributed by atoms with Crippen molar-refractivity contribution in [2.45, 2.75) is 33.5 Å². The van der Waals surface area contributed by atoms with Crippen molar-refractivity contribution >= 4 is 28.1 Å². The molecule has 0 aliphatic carbocycles. The molecule has 3 aromatic carbocycles. The molecular formula is C27H27FN4OS. The maximum atomic E-state index is 14.7. The third-order valence-corrected chi connectivity index (χ3v) is 6.72. The Labute approximate surface area is 203 Å². The third kappa shape index (κ3) is 5.50. The van der Waals surface area contributed by atoms with Gasteiger partial charge in [0.05, 0.1) is 17.9 Å². The predicted octanol–water partition coefficient (Wildman–Crippen LogP) is 5.63. The largest absolute Gasteiger partial charge is 0.348 e. The molecule has 0 aliphatic heterocycles. The summed E-state index contributed by atoms with van der Waals surface area (Å²) in [6.45, 7) is 5.29. The zero-order chi connectivity index (χ0) is 24.1. The average molecular weight is 475 g/mol. The Morgan fingerprint density at radius 1 is 1.00 bits per heavy atom. The molecule has 1 heterocycles. The number of carbonyl (C=O) groups is 1. The molecular weight excluding hydrogens is 447 g/mol. The van der Waals surface area contributed by atoms with Crippen molar-refractivity contribution in [3.05, 3.63) is 111 Å². The van der Waals surface area contributed by atoms with E-state index in [1.165, 1.54) is 17.4 Å². The van der Waals surface area contributed by atoms with Crippen molar-refractivity contribution in [3.8, 4) is 0 Å². The minimum atomic E-state index is -0.303. The number of nitrogens with two attached hydrogens (primary N) is 1. The van der Waals surface area contributed by atoms with Gasteiger partial charge in [-0.15, -0.1) is 11.3 Å². The van der Waals surface area contributed by atoms with Crippen molar-refractivity contribution in [3.63, 3.8) is 0 Å². The van der Waals surface area contributed by atoms with Gasteiger partial charge in [-0.2, -0.15) is 0 Å². The lowest BCUT2D eigenvalue weighted by molar-refractivity contribution is 0.0951. The van der Waals surface area contributed by atoms with E-state index >= 15 is 0 Å². The van der Waals surface area contributed by atoms with Gasteiger partial charge in [0.25, 0.3) is 5.91 Å². The van der Waals surface area contributed by atoms with Gasteiger partial charge in [0.2, 0.25) is 0 Å². The molecule has 4 aromatic rings. The second-order valence-corrected chi connectivity index (χ2v) is 9.26. The van der Waals surface area contributed by atoms with Crippen LogP contribution >= 0.6 is 11.3 Å². The molecule has 0 unspecified atom stereocenters. The van der Waals surface area contributed by atoms with E-state index < -0.39 is 0 Å². The van der Waals surface area contributed by atoms with Crippen LogP contribution in [0.3, 0.4) is 0 Å². The maximum absolute atomic E-state index is 14.7. The Kier molecular flexibility index (Phi) is 7.35. The maximum Gasteiger partial charge on any atom is 0.251 e. The van der Waals surface area contributed by atoms with Gasteiger partial charge in [-0.25, -0.2) is 9.37 Å². The van der Waals surface area contributed by atoms with E-state index in [4.69, 9.17) is 5.73 Å². The lowest BCUT2D eigenvalue weighted by Crippen LogP contribution is -2.23. The highest BCUT2D eigenvalue weighted by Crippen LogP contribution is 2.34. The van der Waals surface area contributed by atoms with Crippen molar-refractivity contribution in [1.82, 2.24) is 10.3 Å². The van der Waals surface area contributed by atoms with Crippen molar-refractivity contribution in [1.29, 1.82) is 0 Å². The summed E-state index contributed by atoms with van der Waals surface area (Å²) in [6.07, 6.45) is 0. The van der Waals surface area contributed by atoms with E-state index in [0.29, 0.717) is 30.9 Å². The summed E-state index contributed by atoms with van der Waals surface area (Å²) in [5, 5.41) is 3.68. The van der Waals surface area contributed by atoms with E-state index in [-0.39, 0.29) is 11.7 Å². The minimum absolute atomic E-state index is 0.151. The van der Waals surface area contributed by atoms with Crippen LogP contribution in [-0.2, 0) is 19.6 Å². The number of aromatic nitrogens is 1. The summed E-state index contributed by atoms with van der Waals surface area (Å²) in [7, 11) is 0. The number of hydrogen-bond acceptors (Lipinski definition) is 5. The molecule has 5 nitrogen and oxygen atoms in total. The molecule has 0 atom stereocenters. The fraction of sp³-hybridized carbons (Fsp3) is 0.185. The molecule has 4 rings (SSSR count). The van der Waals surface area contributed by atoms with Crippen molar-refractivity contribution < 1.29 is 9.18 Å². The van der Waals surface area contributed by atoms with Gasteiger partial charge < -0.3 is 16.0 Å². The Hall–Kier alpha value is -3.55. The first-order valence-corrected chi connectivity index (χ1v) is 11.9. The number of nitrogens with zero attached hydrogens (tertiary/aromatic N) is 2. The van der Waals surface area contributed by atoms with Crippen LogP contribution in [0, 0.1) is 19.7 Å². The zero-order valence-corrected chi connectivity index (χ0v) is 20.0. The summed E-state index contributed by atoms with van der Waals surface area (Å²) in [5.41, 5.74) is 10.6. The molecule has 0 aliphatic rings. The van der Waals surface area contributed by atoms with Crippen LogP contribution < -0.4 is 16.0 Å². The molecule has 7 heteroatoms. The van der Waals surface area contributed by atoms with Crippen LogP contribution in [0.15, 0.2) is 72.8 Å². The molecule has 0 radical (unpaired) electrons. The summed E-state index contributed by atoms with van der Waals surface area (Å²) in [5.74, 6) is -0.454. The number of thiazole rings is 1.